The van der Waals surface area contributed by atoms with E-state index in [1.807, 2.05) is 0 Å². The Morgan fingerprint density at radius 3 is 2.85 bits per heavy atom. The van der Waals surface area contributed by atoms with E-state index in [-0.39, 0.29) is 22.7 Å². The van der Waals surface area contributed by atoms with Crippen molar-refractivity contribution >= 4 is 17.5 Å². The second-order valence-electron chi connectivity index (χ2n) is 6.03. The lowest BCUT2D eigenvalue weighted by Gasteiger charge is -2.44. The van der Waals surface area contributed by atoms with Crippen LogP contribution >= 0.6 is 11.6 Å². The quantitative estimate of drug-likeness (QED) is 0.881. The van der Waals surface area contributed by atoms with Crippen molar-refractivity contribution in [3.8, 4) is 0 Å². The summed E-state index contributed by atoms with van der Waals surface area (Å²) in [7, 11) is 0. The van der Waals surface area contributed by atoms with Gasteiger partial charge in [-0.05, 0) is 56.0 Å². The zero-order chi connectivity index (χ0) is 14.0. The van der Waals surface area contributed by atoms with E-state index in [1.165, 1.54) is 32.1 Å². The number of halogens is 1. The molecule has 2 N–H and O–H groups in total. The highest BCUT2D eigenvalue weighted by molar-refractivity contribution is 6.29. The SMILES string of the molecule is O=C(NC1CCNC2(CCCCC2)C1)c1ccc(Cl)o1. The van der Waals surface area contributed by atoms with E-state index in [2.05, 4.69) is 10.6 Å². The van der Waals surface area contributed by atoms with Crippen LogP contribution in [0.4, 0.5) is 0 Å². The monoisotopic (exact) mass is 296 g/mol. The van der Waals surface area contributed by atoms with Crippen LogP contribution < -0.4 is 10.6 Å². The van der Waals surface area contributed by atoms with Gasteiger partial charge in [-0.3, -0.25) is 4.79 Å². The summed E-state index contributed by atoms with van der Waals surface area (Å²) in [6.07, 6.45) is 8.38. The molecule has 20 heavy (non-hydrogen) atoms. The van der Waals surface area contributed by atoms with Crippen LogP contribution in [0.15, 0.2) is 16.5 Å². The van der Waals surface area contributed by atoms with Gasteiger partial charge >= 0.3 is 0 Å². The molecule has 1 aromatic heterocycles. The number of furan rings is 1. The molecule has 0 bridgehead atoms. The molecule has 3 rings (SSSR count). The van der Waals surface area contributed by atoms with E-state index in [0.717, 1.165) is 19.4 Å². The van der Waals surface area contributed by atoms with E-state index in [9.17, 15) is 4.79 Å². The van der Waals surface area contributed by atoms with Gasteiger partial charge < -0.3 is 15.1 Å². The Balaban J connectivity index is 1.61. The van der Waals surface area contributed by atoms with Crippen molar-refractivity contribution in [1.82, 2.24) is 10.6 Å². The highest BCUT2D eigenvalue weighted by atomic mass is 35.5. The smallest absolute Gasteiger partial charge is 0.287 e. The van der Waals surface area contributed by atoms with Gasteiger partial charge in [0.25, 0.3) is 5.91 Å². The zero-order valence-corrected chi connectivity index (χ0v) is 12.3. The number of rotatable bonds is 2. The minimum atomic E-state index is -0.158. The van der Waals surface area contributed by atoms with Crippen LogP contribution in [0.3, 0.4) is 0 Å². The standard InChI is InChI=1S/C15H21ClN2O2/c16-13-5-4-12(20-13)14(19)18-11-6-9-17-15(10-11)7-2-1-3-8-15/h4-5,11,17H,1-3,6-10H2,(H,18,19). The molecule has 0 aromatic carbocycles. The fourth-order valence-corrected chi connectivity index (χ4v) is 3.73. The van der Waals surface area contributed by atoms with E-state index in [0.29, 0.717) is 5.76 Å². The predicted molar refractivity (Wildman–Crippen MR) is 78.0 cm³/mol. The largest absolute Gasteiger partial charge is 0.440 e. The van der Waals surface area contributed by atoms with Crippen molar-refractivity contribution in [2.75, 3.05) is 6.54 Å². The van der Waals surface area contributed by atoms with E-state index < -0.39 is 0 Å². The van der Waals surface area contributed by atoms with Gasteiger partial charge in [0, 0.05) is 11.6 Å². The first-order valence-electron chi connectivity index (χ1n) is 7.48. The van der Waals surface area contributed by atoms with E-state index >= 15 is 0 Å². The van der Waals surface area contributed by atoms with Gasteiger partial charge in [0.05, 0.1) is 0 Å². The average Bonchev–Trinajstić information content (AvgIpc) is 2.86. The van der Waals surface area contributed by atoms with Gasteiger partial charge in [0.2, 0.25) is 0 Å². The van der Waals surface area contributed by atoms with Crippen molar-refractivity contribution < 1.29 is 9.21 Å². The third-order valence-electron chi connectivity index (χ3n) is 4.57. The topological polar surface area (TPSA) is 54.3 Å². The summed E-state index contributed by atoms with van der Waals surface area (Å²) in [5.41, 5.74) is 0.245. The molecule has 1 aromatic rings. The lowest BCUT2D eigenvalue weighted by Crippen LogP contribution is -2.57. The summed E-state index contributed by atoms with van der Waals surface area (Å²) in [6.45, 7) is 0.976. The van der Waals surface area contributed by atoms with Gasteiger partial charge in [0.1, 0.15) is 0 Å². The predicted octanol–water partition coefficient (Wildman–Crippen LogP) is 3.12. The van der Waals surface area contributed by atoms with Crippen LogP contribution in [-0.4, -0.2) is 24.0 Å². The lowest BCUT2D eigenvalue weighted by atomic mass is 9.75. The maximum atomic E-state index is 12.1. The third-order valence-corrected chi connectivity index (χ3v) is 4.78. The lowest BCUT2D eigenvalue weighted by molar-refractivity contribution is 0.0865. The molecule has 110 valence electrons. The van der Waals surface area contributed by atoms with Gasteiger partial charge in [0.15, 0.2) is 11.0 Å². The Labute approximate surface area is 124 Å². The number of carbonyl (C=O) groups is 1. The molecule has 1 saturated carbocycles. The number of carbonyl (C=O) groups excluding carboxylic acids is 1. The van der Waals surface area contributed by atoms with Crippen LogP contribution in [0.5, 0.6) is 0 Å². The molecule has 1 spiro atoms. The molecule has 0 radical (unpaired) electrons. The summed E-state index contributed by atoms with van der Waals surface area (Å²) in [6, 6.07) is 3.45. The molecule has 5 heteroatoms. The molecule has 1 aliphatic carbocycles. The van der Waals surface area contributed by atoms with Crippen LogP contribution in [-0.2, 0) is 0 Å². The molecule has 2 fully saturated rings. The molecule has 1 amide bonds. The Morgan fingerprint density at radius 2 is 2.15 bits per heavy atom. The zero-order valence-electron chi connectivity index (χ0n) is 11.6. The van der Waals surface area contributed by atoms with Crippen LogP contribution in [0.25, 0.3) is 0 Å². The maximum absolute atomic E-state index is 12.1. The molecule has 1 unspecified atom stereocenters. The normalized spacial score (nSPS) is 25.6. The molecule has 1 aliphatic heterocycles. The molecular formula is C15H21ClN2O2. The van der Waals surface area contributed by atoms with Crippen LogP contribution in [0.1, 0.15) is 55.5 Å². The highest BCUT2D eigenvalue weighted by Crippen LogP contribution is 2.34. The Hall–Kier alpha value is -1.00. The minimum Gasteiger partial charge on any atom is -0.440 e. The first-order chi connectivity index (χ1) is 9.67. The van der Waals surface area contributed by atoms with Crippen molar-refractivity contribution in [2.45, 2.75) is 56.5 Å². The molecule has 2 aliphatic rings. The average molecular weight is 297 g/mol. The summed E-state index contributed by atoms with van der Waals surface area (Å²) < 4.78 is 5.16. The second kappa shape index (κ2) is 5.78. The molecule has 2 heterocycles. The van der Waals surface area contributed by atoms with Crippen LogP contribution in [0.2, 0.25) is 5.22 Å². The third kappa shape index (κ3) is 3.01. The van der Waals surface area contributed by atoms with Gasteiger partial charge in [-0.1, -0.05) is 19.3 Å². The highest BCUT2D eigenvalue weighted by Gasteiger charge is 2.37. The summed E-state index contributed by atoms with van der Waals surface area (Å²) in [5, 5.41) is 7.03. The first-order valence-corrected chi connectivity index (χ1v) is 7.86. The minimum absolute atomic E-state index is 0.158. The summed E-state index contributed by atoms with van der Waals surface area (Å²) in [4.78, 5) is 12.1. The molecule has 1 saturated heterocycles. The van der Waals surface area contributed by atoms with Crippen molar-refractivity contribution in [3.63, 3.8) is 0 Å². The van der Waals surface area contributed by atoms with Crippen molar-refractivity contribution in [2.24, 2.45) is 0 Å². The Bertz CT molecular complexity index is 474. The number of hydrogen-bond acceptors (Lipinski definition) is 3. The molecular weight excluding hydrogens is 276 g/mol. The number of piperidine rings is 1. The summed E-state index contributed by atoms with van der Waals surface area (Å²) >= 11 is 5.71. The van der Waals surface area contributed by atoms with Crippen molar-refractivity contribution in [3.05, 3.63) is 23.1 Å². The maximum Gasteiger partial charge on any atom is 0.287 e. The fraction of sp³-hybridized carbons (Fsp3) is 0.667. The molecule has 4 nitrogen and oxygen atoms in total. The second-order valence-corrected chi connectivity index (χ2v) is 6.41. The van der Waals surface area contributed by atoms with E-state index in [1.54, 1.807) is 12.1 Å². The van der Waals surface area contributed by atoms with Gasteiger partial charge in [-0.25, -0.2) is 0 Å². The van der Waals surface area contributed by atoms with Gasteiger partial charge in [-0.15, -0.1) is 0 Å². The van der Waals surface area contributed by atoms with Crippen LogP contribution in [0, 0.1) is 0 Å². The number of hydrogen-bond donors (Lipinski definition) is 2. The fourth-order valence-electron chi connectivity index (χ4n) is 3.58. The molecule has 1 atom stereocenters. The summed E-state index contributed by atoms with van der Waals surface area (Å²) in [5.74, 6) is 0.140. The Kier molecular flexibility index (Phi) is 4.03. The number of nitrogens with one attached hydrogen (secondary N) is 2. The number of amides is 1. The van der Waals surface area contributed by atoms with E-state index in [4.69, 9.17) is 16.0 Å². The van der Waals surface area contributed by atoms with Crippen molar-refractivity contribution in [1.29, 1.82) is 0 Å². The first kappa shape index (κ1) is 14.0. The van der Waals surface area contributed by atoms with Gasteiger partial charge in [-0.2, -0.15) is 0 Å². The Morgan fingerprint density at radius 1 is 1.35 bits per heavy atom.